The molecule has 7 nitrogen and oxygen atoms in total. The molecule has 116 valence electrons. The van der Waals surface area contributed by atoms with Gasteiger partial charge in [-0.3, -0.25) is 4.79 Å². The molecule has 1 amide bonds. The molecule has 21 heavy (non-hydrogen) atoms. The second-order valence-corrected chi connectivity index (χ2v) is 4.40. The van der Waals surface area contributed by atoms with Crippen LogP contribution in [0.25, 0.3) is 0 Å². The van der Waals surface area contributed by atoms with Gasteiger partial charge in [0.15, 0.2) is 5.84 Å². The molecular formula is C14H22N4O3. The molecule has 0 aliphatic carbocycles. The number of oxime groups is 1. The van der Waals surface area contributed by atoms with Crippen molar-refractivity contribution in [3.05, 3.63) is 29.3 Å². The zero-order valence-electron chi connectivity index (χ0n) is 12.3. The molecule has 0 aliphatic rings. The number of hydrogen-bond acceptors (Lipinski definition) is 5. The average molecular weight is 294 g/mol. The Kier molecular flexibility index (Phi) is 7.03. The molecule has 0 saturated heterocycles. The SMILES string of the molecule is CCNC(=O)CCNCc1ccc(OC)c(/C(N)=N/O)c1. The van der Waals surface area contributed by atoms with Crippen LogP contribution in [-0.4, -0.2) is 37.1 Å². The number of methoxy groups -OCH3 is 1. The second kappa shape index (κ2) is 8.80. The molecule has 1 rings (SSSR count). The van der Waals surface area contributed by atoms with Crippen molar-refractivity contribution in [2.75, 3.05) is 20.2 Å². The fourth-order valence-corrected chi connectivity index (χ4v) is 1.84. The summed E-state index contributed by atoms with van der Waals surface area (Å²) in [5.41, 5.74) is 7.10. The van der Waals surface area contributed by atoms with E-state index in [4.69, 9.17) is 15.7 Å². The first-order valence-corrected chi connectivity index (χ1v) is 6.74. The summed E-state index contributed by atoms with van der Waals surface area (Å²) < 4.78 is 5.16. The Hall–Kier alpha value is -2.28. The van der Waals surface area contributed by atoms with Gasteiger partial charge in [-0.1, -0.05) is 11.2 Å². The predicted molar refractivity (Wildman–Crippen MR) is 80.5 cm³/mol. The standard InChI is InChI=1S/C14H22N4O3/c1-3-17-13(19)6-7-16-9-10-4-5-12(21-2)11(8-10)14(15)18-20/h4-5,8,16,20H,3,6-7,9H2,1-2H3,(H2,15,18)(H,17,19). The summed E-state index contributed by atoms with van der Waals surface area (Å²) in [5.74, 6) is 0.560. The van der Waals surface area contributed by atoms with E-state index in [2.05, 4.69) is 15.8 Å². The molecule has 0 aliphatic heterocycles. The molecule has 7 heteroatoms. The lowest BCUT2D eigenvalue weighted by Gasteiger charge is -2.10. The van der Waals surface area contributed by atoms with E-state index in [0.717, 1.165) is 5.56 Å². The number of nitrogens with one attached hydrogen (secondary N) is 2. The number of carbonyl (C=O) groups excluding carboxylic acids is 1. The van der Waals surface area contributed by atoms with Gasteiger partial charge >= 0.3 is 0 Å². The molecule has 0 bridgehead atoms. The van der Waals surface area contributed by atoms with Crippen molar-refractivity contribution in [1.29, 1.82) is 0 Å². The normalized spacial score (nSPS) is 11.2. The van der Waals surface area contributed by atoms with Crippen molar-refractivity contribution >= 4 is 11.7 Å². The molecule has 0 aromatic heterocycles. The van der Waals surface area contributed by atoms with Gasteiger partial charge in [0, 0.05) is 26.1 Å². The van der Waals surface area contributed by atoms with E-state index in [1.54, 1.807) is 12.1 Å². The van der Waals surface area contributed by atoms with E-state index in [1.807, 2.05) is 13.0 Å². The summed E-state index contributed by atoms with van der Waals surface area (Å²) in [5, 5.41) is 17.7. The maximum Gasteiger partial charge on any atom is 0.221 e. The van der Waals surface area contributed by atoms with Crippen LogP contribution in [0.3, 0.4) is 0 Å². The minimum Gasteiger partial charge on any atom is -0.496 e. The van der Waals surface area contributed by atoms with Gasteiger partial charge in [0.1, 0.15) is 5.75 Å². The zero-order chi connectivity index (χ0) is 15.7. The lowest BCUT2D eigenvalue weighted by molar-refractivity contribution is -0.120. The van der Waals surface area contributed by atoms with E-state index < -0.39 is 0 Å². The number of carbonyl (C=O) groups is 1. The molecule has 0 fully saturated rings. The Morgan fingerprint density at radius 3 is 2.86 bits per heavy atom. The van der Waals surface area contributed by atoms with E-state index in [-0.39, 0.29) is 11.7 Å². The molecule has 0 spiro atoms. The molecule has 1 aromatic rings. The largest absolute Gasteiger partial charge is 0.496 e. The topological polar surface area (TPSA) is 109 Å². The van der Waals surface area contributed by atoms with E-state index in [0.29, 0.717) is 37.4 Å². The Labute approximate surface area is 124 Å². The maximum absolute atomic E-state index is 11.3. The zero-order valence-corrected chi connectivity index (χ0v) is 12.3. The Bertz CT molecular complexity index is 503. The monoisotopic (exact) mass is 294 g/mol. The summed E-state index contributed by atoms with van der Waals surface area (Å²) in [6.07, 6.45) is 0.428. The number of benzene rings is 1. The van der Waals surface area contributed by atoms with Gasteiger partial charge < -0.3 is 26.3 Å². The summed E-state index contributed by atoms with van der Waals surface area (Å²) >= 11 is 0. The highest BCUT2D eigenvalue weighted by Gasteiger charge is 2.09. The van der Waals surface area contributed by atoms with Crippen molar-refractivity contribution in [2.24, 2.45) is 10.9 Å². The molecule has 5 N–H and O–H groups in total. The molecule has 1 aromatic carbocycles. The minimum absolute atomic E-state index is 0.00368. The third-order valence-electron chi connectivity index (χ3n) is 2.88. The number of nitrogens with two attached hydrogens (primary N) is 1. The first kappa shape index (κ1) is 16.8. The number of hydrogen-bond donors (Lipinski definition) is 4. The molecule has 0 atom stereocenters. The Morgan fingerprint density at radius 1 is 1.48 bits per heavy atom. The Balaban J connectivity index is 2.58. The number of amides is 1. The van der Waals surface area contributed by atoms with E-state index in [1.165, 1.54) is 7.11 Å². The quantitative estimate of drug-likeness (QED) is 0.182. The number of nitrogens with zero attached hydrogens (tertiary/aromatic N) is 1. The lowest BCUT2D eigenvalue weighted by atomic mass is 10.1. The smallest absolute Gasteiger partial charge is 0.221 e. The van der Waals surface area contributed by atoms with Crippen molar-refractivity contribution in [1.82, 2.24) is 10.6 Å². The van der Waals surface area contributed by atoms with E-state index >= 15 is 0 Å². The van der Waals surface area contributed by atoms with Gasteiger partial charge in [0.25, 0.3) is 0 Å². The molecule has 0 unspecified atom stereocenters. The van der Waals surface area contributed by atoms with Crippen LogP contribution in [0, 0.1) is 0 Å². The molecule has 0 radical (unpaired) electrons. The first-order valence-electron chi connectivity index (χ1n) is 6.74. The maximum atomic E-state index is 11.3. The number of ether oxygens (including phenoxy) is 1. The van der Waals surface area contributed by atoms with Gasteiger partial charge in [-0.2, -0.15) is 0 Å². The molecule has 0 saturated carbocycles. The summed E-state index contributed by atoms with van der Waals surface area (Å²) in [7, 11) is 1.52. The van der Waals surface area contributed by atoms with Crippen molar-refractivity contribution in [3.8, 4) is 5.75 Å². The van der Waals surface area contributed by atoms with Crippen LogP contribution in [-0.2, 0) is 11.3 Å². The fourth-order valence-electron chi connectivity index (χ4n) is 1.84. The van der Waals surface area contributed by atoms with Crippen LogP contribution in [0.2, 0.25) is 0 Å². The minimum atomic E-state index is -0.00368. The van der Waals surface area contributed by atoms with Gasteiger partial charge in [-0.05, 0) is 24.6 Å². The summed E-state index contributed by atoms with van der Waals surface area (Å²) in [4.78, 5) is 11.3. The van der Waals surface area contributed by atoms with Gasteiger partial charge in [-0.25, -0.2) is 0 Å². The van der Waals surface area contributed by atoms with Crippen LogP contribution in [0.15, 0.2) is 23.4 Å². The highest BCUT2D eigenvalue weighted by Crippen LogP contribution is 2.19. The average Bonchev–Trinajstić information content (AvgIpc) is 2.50. The van der Waals surface area contributed by atoms with Crippen LogP contribution < -0.4 is 21.1 Å². The van der Waals surface area contributed by atoms with Gasteiger partial charge in [0.05, 0.1) is 12.7 Å². The van der Waals surface area contributed by atoms with Crippen molar-refractivity contribution < 1.29 is 14.7 Å². The molecule has 0 heterocycles. The lowest BCUT2D eigenvalue weighted by Crippen LogP contribution is -2.27. The van der Waals surface area contributed by atoms with Crippen LogP contribution in [0.5, 0.6) is 5.75 Å². The fraction of sp³-hybridized carbons (Fsp3) is 0.429. The first-order chi connectivity index (χ1) is 10.1. The third kappa shape index (κ3) is 5.31. The molecular weight excluding hydrogens is 272 g/mol. The Morgan fingerprint density at radius 2 is 2.24 bits per heavy atom. The van der Waals surface area contributed by atoms with Crippen molar-refractivity contribution in [2.45, 2.75) is 19.9 Å². The van der Waals surface area contributed by atoms with Gasteiger partial charge in [-0.15, -0.1) is 0 Å². The van der Waals surface area contributed by atoms with Gasteiger partial charge in [0.2, 0.25) is 5.91 Å². The van der Waals surface area contributed by atoms with Crippen LogP contribution >= 0.6 is 0 Å². The van der Waals surface area contributed by atoms with E-state index in [9.17, 15) is 4.79 Å². The van der Waals surface area contributed by atoms with Crippen LogP contribution in [0.4, 0.5) is 0 Å². The highest BCUT2D eigenvalue weighted by atomic mass is 16.5. The van der Waals surface area contributed by atoms with Crippen molar-refractivity contribution in [3.63, 3.8) is 0 Å². The second-order valence-electron chi connectivity index (χ2n) is 4.40. The predicted octanol–water partition coefficient (Wildman–Crippen LogP) is 0.406. The van der Waals surface area contributed by atoms with Crippen LogP contribution in [0.1, 0.15) is 24.5 Å². The summed E-state index contributed by atoms with van der Waals surface area (Å²) in [6, 6.07) is 5.42. The third-order valence-corrected chi connectivity index (χ3v) is 2.88. The number of amidine groups is 1. The number of rotatable bonds is 8. The summed E-state index contributed by atoms with van der Waals surface area (Å²) in [6.45, 7) is 3.68. The highest BCUT2D eigenvalue weighted by molar-refractivity contribution is 5.99.